The molecule has 1 saturated carbocycles. The summed E-state index contributed by atoms with van der Waals surface area (Å²) >= 11 is 6.11. The SMILES string of the molecule is CN(C(=O)CN1CCCN(S(=O)(=O)c2ccccc2Cl)CC1)C1CCCCC1. The molecule has 1 amide bonds. The third-order valence-corrected chi connectivity index (χ3v) is 8.28. The lowest BCUT2D eigenvalue weighted by Crippen LogP contribution is -2.45. The fraction of sp³-hybridized carbons (Fsp3) is 0.650. The largest absolute Gasteiger partial charge is 0.342 e. The lowest BCUT2D eigenvalue weighted by molar-refractivity contribution is -0.133. The molecular formula is C20H30ClN3O3S. The Morgan fingerprint density at radius 1 is 1.07 bits per heavy atom. The first-order valence-corrected chi connectivity index (χ1v) is 11.9. The maximum Gasteiger partial charge on any atom is 0.244 e. The highest BCUT2D eigenvalue weighted by Gasteiger charge is 2.30. The van der Waals surface area contributed by atoms with Gasteiger partial charge in [-0.3, -0.25) is 9.69 Å². The Labute approximate surface area is 173 Å². The van der Waals surface area contributed by atoms with Crippen LogP contribution in [0, 0.1) is 0 Å². The Morgan fingerprint density at radius 2 is 1.79 bits per heavy atom. The molecule has 28 heavy (non-hydrogen) atoms. The average Bonchev–Trinajstić information content (AvgIpc) is 2.94. The topological polar surface area (TPSA) is 60.9 Å². The Kier molecular flexibility index (Phi) is 7.36. The van der Waals surface area contributed by atoms with E-state index in [-0.39, 0.29) is 15.8 Å². The summed E-state index contributed by atoms with van der Waals surface area (Å²) in [6.45, 7) is 2.43. The van der Waals surface area contributed by atoms with Crippen molar-refractivity contribution in [2.45, 2.75) is 49.5 Å². The van der Waals surface area contributed by atoms with Gasteiger partial charge in [-0.25, -0.2) is 8.42 Å². The van der Waals surface area contributed by atoms with Crippen LogP contribution >= 0.6 is 11.6 Å². The molecule has 0 spiro atoms. The van der Waals surface area contributed by atoms with Gasteiger partial charge in [0.25, 0.3) is 0 Å². The molecule has 0 N–H and O–H groups in total. The molecule has 1 aromatic carbocycles. The van der Waals surface area contributed by atoms with Gasteiger partial charge in [-0.15, -0.1) is 0 Å². The zero-order chi connectivity index (χ0) is 20.1. The van der Waals surface area contributed by atoms with Crippen LogP contribution in [0.1, 0.15) is 38.5 Å². The summed E-state index contributed by atoms with van der Waals surface area (Å²) in [6.07, 6.45) is 6.53. The van der Waals surface area contributed by atoms with Crippen LogP contribution < -0.4 is 0 Å². The third kappa shape index (κ3) is 5.06. The van der Waals surface area contributed by atoms with Gasteiger partial charge in [-0.1, -0.05) is 43.0 Å². The molecule has 2 aliphatic rings. The van der Waals surface area contributed by atoms with E-state index in [0.29, 0.717) is 38.6 Å². The Hall–Kier alpha value is -1.15. The monoisotopic (exact) mass is 427 g/mol. The fourth-order valence-corrected chi connectivity index (χ4v) is 6.08. The zero-order valence-corrected chi connectivity index (χ0v) is 18.1. The predicted octanol–water partition coefficient (Wildman–Crippen LogP) is 2.83. The maximum atomic E-state index is 13.0. The number of sulfonamides is 1. The molecule has 0 bridgehead atoms. The highest BCUT2D eigenvalue weighted by atomic mass is 35.5. The van der Waals surface area contributed by atoms with Gasteiger partial charge in [0, 0.05) is 32.7 Å². The van der Waals surface area contributed by atoms with Crippen molar-refractivity contribution >= 4 is 27.5 Å². The fourth-order valence-electron chi connectivity index (χ4n) is 4.11. The van der Waals surface area contributed by atoms with Crippen molar-refractivity contribution in [3.8, 4) is 0 Å². The van der Waals surface area contributed by atoms with Crippen LogP contribution in [0.3, 0.4) is 0 Å². The molecule has 0 atom stereocenters. The van der Waals surface area contributed by atoms with Gasteiger partial charge >= 0.3 is 0 Å². The first-order chi connectivity index (χ1) is 13.4. The summed E-state index contributed by atoms with van der Waals surface area (Å²) in [6, 6.07) is 6.90. The minimum absolute atomic E-state index is 0.134. The van der Waals surface area contributed by atoms with Crippen molar-refractivity contribution in [1.29, 1.82) is 0 Å². The van der Waals surface area contributed by atoms with E-state index in [9.17, 15) is 13.2 Å². The lowest BCUT2D eigenvalue weighted by Gasteiger charge is -2.32. The van der Waals surface area contributed by atoms with Crippen molar-refractivity contribution in [1.82, 2.24) is 14.1 Å². The smallest absolute Gasteiger partial charge is 0.244 e. The lowest BCUT2D eigenvalue weighted by atomic mass is 9.94. The molecule has 1 aliphatic carbocycles. The van der Waals surface area contributed by atoms with E-state index in [1.165, 1.54) is 23.6 Å². The highest BCUT2D eigenvalue weighted by Crippen LogP contribution is 2.25. The standard InChI is InChI=1S/C20H30ClN3O3S/c1-22(17-8-3-2-4-9-17)20(25)16-23-12-7-13-24(15-14-23)28(26,27)19-11-6-5-10-18(19)21/h5-6,10-11,17H,2-4,7-9,12-16H2,1H3. The molecule has 1 aromatic rings. The second kappa shape index (κ2) is 9.57. The number of hydrogen-bond donors (Lipinski definition) is 0. The molecule has 0 radical (unpaired) electrons. The van der Waals surface area contributed by atoms with Gasteiger partial charge in [0.2, 0.25) is 15.9 Å². The number of amides is 1. The molecule has 0 aromatic heterocycles. The van der Waals surface area contributed by atoms with E-state index in [0.717, 1.165) is 19.4 Å². The molecule has 1 aliphatic heterocycles. The number of benzene rings is 1. The van der Waals surface area contributed by atoms with Crippen LogP contribution in [-0.2, 0) is 14.8 Å². The van der Waals surface area contributed by atoms with Crippen LogP contribution in [0.25, 0.3) is 0 Å². The Balaban J connectivity index is 1.59. The normalized spacial score (nSPS) is 20.6. The summed E-state index contributed by atoms with van der Waals surface area (Å²) in [4.78, 5) is 16.8. The van der Waals surface area contributed by atoms with E-state index >= 15 is 0 Å². The number of nitrogens with zero attached hydrogens (tertiary/aromatic N) is 3. The van der Waals surface area contributed by atoms with Gasteiger partial charge in [0.15, 0.2) is 0 Å². The van der Waals surface area contributed by atoms with Gasteiger partial charge in [-0.05, 0) is 37.9 Å². The number of carbonyl (C=O) groups excluding carboxylic acids is 1. The second-order valence-corrected chi connectivity index (χ2v) is 10.1. The number of rotatable bonds is 5. The van der Waals surface area contributed by atoms with E-state index in [4.69, 9.17) is 11.6 Å². The molecule has 6 nitrogen and oxygen atoms in total. The van der Waals surface area contributed by atoms with Crippen LogP contribution in [0.15, 0.2) is 29.2 Å². The van der Waals surface area contributed by atoms with Gasteiger partial charge in [-0.2, -0.15) is 4.31 Å². The molecule has 156 valence electrons. The quantitative estimate of drug-likeness (QED) is 0.724. The molecule has 1 saturated heterocycles. The summed E-state index contributed by atoms with van der Waals surface area (Å²) in [7, 11) is -1.71. The molecular weight excluding hydrogens is 398 g/mol. The van der Waals surface area contributed by atoms with E-state index in [2.05, 4.69) is 4.90 Å². The summed E-state index contributed by atoms with van der Waals surface area (Å²) in [5, 5.41) is 0.243. The third-order valence-electron chi connectivity index (χ3n) is 5.88. The summed E-state index contributed by atoms with van der Waals surface area (Å²) in [5.74, 6) is 0.134. The molecule has 8 heteroatoms. The predicted molar refractivity (Wildman–Crippen MR) is 111 cm³/mol. The van der Waals surface area contributed by atoms with Crippen molar-refractivity contribution < 1.29 is 13.2 Å². The molecule has 0 unspecified atom stereocenters. The van der Waals surface area contributed by atoms with Gasteiger partial charge in [0.1, 0.15) is 4.90 Å². The van der Waals surface area contributed by atoms with Crippen molar-refractivity contribution in [3.63, 3.8) is 0 Å². The summed E-state index contributed by atoms with van der Waals surface area (Å²) in [5.41, 5.74) is 0. The van der Waals surface area contributed by atoms with E-state index in [1.54, 1.807) is 24.3 Å². The number of likely N-dealkylation sites (N-methyl/N-ethyl adjacent to an activating group) is 1. The van der Waals surface area contributed by atoms with Crippen molar-refractivity contribution in [2.75, 3.05) is 39.8 Å². The molecule has 2 fully saturated rings. The Morgan fingerprint density at radius 3 is 2.50 bits per heavy atom. The number of hydrogen-bond acceptors (Lipinski definition) is 4. The van der Waals surface area contributed by atoms with Crippen LogP contribution in [0.5, 0.6) is 0 Å². The van der Waals surface area contributed by atoms with Crippen LogP contribution in [0.4, 0.5) is 0 Å². The number of carbonyl (C=O) groups is 1. The van der Waals surface area contributed by atoms with Crippen LogP contribution in [-0.4, -0.2) is 74.2 Å². The first-order valence-electron chi connectivity index (χ1n) is 10.1. The second-order valence-electron chi connectivity index (χ2n) is 7.76. The number of halogens is 1. The van der Waals surface area contributed by atoms with E-state index < -0.39 is 10.0 Å². The van der Waals surface area contributed by atoms with Crippen molar-refractivity contribution in [3.05, 3.63) is 29.3 Å². The molecule has 3 rings (SSSR count). The van der Waals surface area contributed by atoms with Crippen LogP contribution in [0.2, 0.25) is 5.02 Å². The minimum atomic E-state index is -3.62. The zero-order valence-electron chi connectivity index (χ0n) is 16.5. The highest BCUT2D eigenvalue weighted by molar-refractivity contribution is 7.89. The average molecular weight is 428 g/mol. The minimum Gasteiger partial charge on any atom is -0.342 e. The van der Waals surface area contributed by atoms with Gasteiger partial charge in [0.05, 0.1) is 11.6 Å². The maximum absolute atomic E-state index is 13.0. The van der Waals surface area contributed by atoms with Crippen molar-refractivity contribution in [2.24, 2.45) is 0 Å². The summed E-state index contributed by atoms with van der Waals surface area (Å²) < 4.78 is 27.4. The van der Waals surface area contributed by atoms with Gasteiger partial charge < -0.3 is 4.90 Å². The molecule has 1 heterocycles. The van der Waals surface area contributed by atoms with E-state index in [1.807, 2.05) is 11.9 Å². The first kappa shape index (κ1) is 21.6. The Bertz CT molecular complexity index is 781.